The van der Waals surface area contributed by atoms with Gasteiger partial charge in [0.1, 0.15) is 34.6 Å². The molecule has 9 nitrogen and oxygen atoms in total. The SMILES string of the molecule is COC(=O)c1ccc(C2C(C#N)=C(N)Oc3cc(OC(=O)COc4ccc(OC)cc4)ccc32)cc1. The lowest BCUT2D eigenvalue weighted by atomic mass is 9.83. The van der Waals surface area contributed by atoms with Crippen LogP contribution in [0.2, 0.25) is 0 Å². The van der Waals surface area contributed by atoms with Gasteiger partial charge in [0.05, 0.1) is 25.7 Å². The van der Waals surface area contributed by atoms with Crippen molar-refractivity contribution in [2.75, 3.05) is 20.8 Å². The highest BCUT2D eigenvalue weighted by Gasteiger charge is 2.31. The molecule has 0 aliphatic carbocycles. The van der Waals surface area contributed by atoms with Crippen LogP contribution in [0.25, 0.3) is 0 Å². The highest BCUT2D eigenvalue weighted by molar-refractivity contribution is 5.89. The molecule has 3 aromatic rings. The summed E-state index contributed by atoms with van der Waals surface area (Å²) in [4.78, 5) is 24.1. The van der Waals surface area contributed by atoms with Gasteiger partial charge in [-0.2, -0.15) is 5.26 Å². The molecule has 0 saturated heterocycles. The topological polar surface area (TPSA) is 130 Å². The lowest BCUT2D eigenvalue weighted by Gasteiger charge is -2.26. The summed E-state index contributed by atoms with van der Waals surface area (Å²) in [5.74, 6) is 0.0609. The van der Waals surface area contributed by atoms with E-state index in [0.717, 1.165) is 5.56 Å². The average molecular weight is 486 g/mol. The fourth-order valence-corrected chi connectivity index (χ4v) is 3.75. The van der Waals surface area contributed by atoms with Crippen molar-refractivity contribution in [3.8, 4) is 29.1 Å². The van der Waals surface area contributed by atoms with Gasteiger partial charge in [0.25, 0.3) is 0 Å². The van der Waals surface area contributed by atoms with E-state index < -0.39 is 17.9 Å². The number of carbonyl (C=O) groups is 2. The molecule has 1 aliphatic heterocycles. The second-order valence-electron chi connectivity index (χ2n) is 7.68. The Bertz CT molecular complexity index is 1360. The zero-order valence-electron chi connectivity index (χ0n) is 19.5. The van der Waals surface area contributed by atoms with Crippen LogP contribution in [0.4, 0.5) is 0 Å². The molecule has 9 heteroatoms. The normalized spacial score (nSPS) is 14.1. The van der Waals surface area contributed by atoms with E-state index in [1.54, 1.807) is 67.8 Å². The Morgan fingerprint density at radius 1 is 0.972 bits per heavy atom. The van der Waals surface area contributed by atoms with Gasteiger partial charge in [0, 0.05) is 11.6 Å². The van der Waals surface area contributed by atoms with Crippen LogP contribution in [0.3, 0.4) is 0 Å². The van der Waals surface area contributed by atoms with Crippen LogP contribution >= 0.6 is 0 Å². The van der Waals surface area contributed by atoms with E-state index in [9.17, 15) is 14.9 Å². The predicted octanol–water partition coefficient (Wildman–Crippen LogP) is 3.68. The lowest BCUT2D eigenvalue weighted by Crippen LogP contribution is -2.21. The van der Waals surface area contributed by atoms with Gasteiger partial charge in [0.15, 0.2) is 6.61 Å². The summed E-state index contributed by atoms with van der Waals surface area (Å²) in [5.41, 5.74) is 8.03. The smallest absolute Gasteiger partial charge is 0.349 e. The van der Waals surface area contributed by atoms with Gasteiger partial charge in [-0.1, -0.05) is 18.2 Å². The molecule has 1 aliphatic rings. The van der Waals surface area contributed by atoms with E-state index in [4.69, 9.17) is 29.4 Å². The second kappa shape index (κ2) is 10.5. The monoisotopic (exact) mass is 486 g/mol. The first kappa shape index (κ1) is 24.2. The van der Waals surface area contributed by atoms with E-state index in [1.807, 2.05) is 0 Å². The van der Waals surface area contributed by atoms with Gasteiger partial charge in [-0.25, -0.2) is 9.59 Å². The summed E-state index contributed by atoms with van der Waals surface area (Å²) in [5, 5.41) is 9.72. The van der Waals surface area contributed by atoms with E-state index in [2.05, 4.69) is 6.07 Å². The Labute approximate surface area is 207 Å². The van der Waals surface area contributed by atoms with Crippen LogP contribution in [0.1, 0.15) is 27.4 Å². The number of methoxy groups -OCH3 is 2. The van der Waals surface area contributed by atoms with Crippen molar-refractivity contribution >= 4 is 11.9 Å². The third-order valence-electron chi connectivity index (χ3n) is 5.50. The largest absolute Gasteiger partial charge is 0.497 e. The minimum Gasteiger partial charge on any atom is -0.497 e. The van der Waals surface area contributed by atoms with Crippen molar-refractivity contribution in [2.45, 2.75) is 5.92 Å². The molecular weight excluding hydrogens is 464 g/mol. The summed E-state index contributed by atoms with van der Waals surface area (Å²) in [6.07, 6.45) is 0. The number of rotatable bonds is 7. The number of esters is 2. The summed E-state index contributed by atoms with van der Waals surface area (Å²) in [6, 6.07) is 20.4. The molecule has 2 N–H and O–H groups in total. The summed E-state index contributed by atoms with van der Waals surface area (Å²) < 4.78 is 26.3. The number of nitrogens with two attached hydrogens (primary N) is 1. The lowest BCUT2D eigenvalue weighted by molar-refractivity contribution is -0.136. The molecule has 1 heterocycles. The highest BCUT2D eigenvalue weighted by Crippen LogP contribution is 2.43. The van der Waals surface area contributed by atoms with Crippen LogP contribution in [0.15, 0.2) is 78.2 Å². The summed E-state index contributed by atoms with van der Waals surface area (Å²) in [6.45, 7) is -0.305. The van der Waals surface area contributed by atoms with Crippen molar-refractivity contribution in [1.29, 1.82) is 5.26 Å². The molecular formula is C27H22N2O7. The number of nitrogens with zero attached hydrogens (tertiary/aromatic N) is 1. The predicted molar refractivity (Wildman–Crippen MR) is 128 cm³/mol. The molecule has 3 aromatic carbocycles. The number of nitriles is 1. The van der Waals surface area contributed by atoms with Crippen molar-refractivity contribution in [3.63, 3.8) is 0 Å². The Morgan fingerprint density at radius 3 is 2.28 bits per heavy atom. The number of fused-ring (bicyclic) bond motifs is 1. The maximum Gasteiger partial charge on any atom is 0.349 e. The van der Waals surface area contributed by atoms with E-state index in [-0.39, 0.29) is 23.8 Å². The third kappa shape index (κ3) is 5.08. The zero-order chi connectivity index (χ0) is 25.7. The molecule has 1 atom stereocenters. The quantitative estimate of drug-likeness (QED) is 0.392. The maximum atomic E-state index is 12.3. The van der Waals surface area contributed by atoms with Crippen molar-refractivity contribution < 1.29 is 33.3 Å². The van der Waals surface area contributed by atoms with E-state index in [1.165, 1.54) is 13.2 Å². The summed E-state index contributed by atoms with van der Waals surface area (Å²) >= 11 is 0. The van der Waals surface area contributed by atoms with Crippen molar-refractivity contribution in [2.24, 2.45) is 5.73 Å². The molecule has 4 rings (SSSR count). The number of carbonyl (C=O) groups excluding carboxylic acids is 2. The minimum absolute atomic E-state index is 0.0571. The highest BCUT2D eigenvalue weighted by atomic mass is 16.6. The van der Waals surface area contributed by atoms with Gasteiger partial charge in [-0.05, 0) is 48.0 Å². The Morgan fingerprint density at radius 2 is 1.64 bits per heavy atom. The number of ether oxygens (including phenoxy) is 5. The first-order chi connectivity index (χ1) is 17.4. The van der Waals surface area contributed by atoms with Gasteiger partial charge >= 0.3 is 11.9 Å². The molecule has 0 fully saturated rings. The minimum atomic E-state index is -0.613. The standard InChI is InChI=1S/C27H22N2O7/c1-32-18-7-9-19(10-8-18)34-15-24(30)35-20-11-12-21-23(13-20)36-26(29)22(14-28)25(21)16-3-5-17(6-4-16)27(31)33-2/h3-13,25H,15,29H2,1-2H3. The van der Waals surface area contributed by atoms with Crippen molar-refractivity contribution in [1.82, 2.24) is 0 Å². The van der Waals surface area contributed by atoms with Crippen LogP contribution in [-0.2, 0) is 9.53 Å². The van der Waals surface area contributed by atoms with Gasteiger partial charge < -0.3 is 29.4 Å². The number of allylic oxidation sites excluding steroid dienone is 1. The van der Waals surface area contributed by atoms with E-state index in [0.29, 0.717) is 28.4 Å². The van der Waals surface area contributed by atoms with Crippen LogP contribution in [0.5, 0.6) is 23.0 Å². The number of hydrogen-bond acceptors (Lipinski definition) is 9. The Hall–Kier alpha value is -4.97. The van der Waals surface area contributed by atoms with Crippen LogP contribution in [0, 0.1) is 11.3 Å². The molecule has 0 bridgehead atoms. The molecule has 0 saturated carbocycles. The Kier molecular flexibility index (Phi) is 7.07. The second-order valence-corrected chi connectivity index (χ2v) is 7.68. The maximum absolute atomic E-state index is 12.3. The van der Waals surface area contributed by atoms with E-state index >= 15 is 0 Å². The van der Waals surface area contributed by atoms with Crippen molar-refractivity contribution in [3.05, 3.63) is 94.9 Å². The molecule has 0 amide bonds. The molecule has 182 valence electrons. The molecule has 36 heavy (non-hydrogen) atoms. The first-order valence-corrected chi connectivity index (χ1v) is 10.8. The third-order valence-corrected chi connectivity index (χ3v) is 5.50. The average Bonchev–Trinajstić information content (AvgIpc) is 2.91. The fraction of sp³-hybridized carbons (Fsp3) is 0.148. The number of benzene rings is 3. The van der Waals surface area contributed by atoms with Gasteiger partial charge in [-0.15, -0.1) is 0 Å². The molecule has 0 spiro atoms. The molecule has 1 unspecified atom stereocenters. The van der Waals surface area contributed by atoms with Crippen LogP contribution < -0.4 is 24.7 Å². The Balaban J connectivity index is 1.52. The molecule has 0 radical (unpaired) electrons. The van der Waals surface area contributed by atoms with Gasteiger partial charge in [-0.3, -0.25) is 0 Å². The fourth-order valence-electron chi connectivity index (χ4n) is 3.75. The van der Waals surface area contributed by atoms with Crippen LogP contribution in [-0.4, -0.2) is 32.8 Å². The van der Waals surface area contributed by atoms with Gasteiger partial charge in [0.2, 0.25) is 5.88 Å². The zero-order valence-corrected chi connectivity index (χ0v) is 19.5. The first-order valence-electron chi connectivity index (χ1n) is 10.8. The molecule has 0 aromatic heterocycles. The summed E-state index contributed by atoms with van der Waals surface area (Å²) in [7, 11) is 2.86. The number of hydrogen-bond donors (Lipinski definition) is 1.